The topological polar surface area (TPSA) is 157 Å². The molecular weight excluding hydrogens is 584 g/mol. The largest absolute Gasteiger partial charge is 0.507 e. The highest BCUT2D eigenvalue weighted by molar-refractivity contribution is 5.98. The van der Waals surface area contributed by atoms with E-state index in [2.05, 4.69) is 35.6 Å². The molecule has 0 bridgehead atoms. The Bertz CT molecular complexity index is 1280. The van der Waals surface area contributed by atoms with Crippen molar-refractivity contribution in [1.29, 1.82) is 0 Å². The van der Waals surface area contributed by atoms with Gasteiger partial charge in [-0.05, 0) is 80.3 Å². The third kappa shape index (κ3) is 13.1. The molecule has 4 amide bonds. The summed E-state index contributed by atoms with van der Waals surface area (Å²) in [5.41, 5.74) is 12.0. The zero-order valence-electron chi connectivity index (χ0n) is 28.0. The molecule has 2 atom stereocenters. The van der Waals surface area contributed by atoms with Crippen molar-refractivity contribution in [2.75, 3.05) is 0 Å². The van der Waals surface area contributed by atoms with Gasteiger partial charge in [-0.15, -0.1) is 0 Å². The molecule has 0 heterocycles. The van der Waals surface area contributed by atoms with Gasteiger partial charge in [0.1, 0.15) is 11.5 Å². The van der Waals surface area contributed by atoms with E-state index in [1.807, 2.05) is 6.92 Å². The van der Waals surface area contributed by atoms with E-state index in [9.17, 15) is 29.4 Å². The van der Waals surface area contributed by atoms with E-state index >= 15 is 0 Å². The second-order valence-electron chi connectivity index (χ2n) is 12.1. The van der Waals surface area contributed by atoms with Gasteiger partial charge in [0.25, 0.3) is 11.8 Å². The normalized spacial score (nSPS) is 12.2. The fourth-order valence-electron chi connectivity index (χ4n) is 5.27. The van der Waals surface area contributed by atoms with Crippen molar-refractivity contribution in [3.05, 3.63) is 58.7 Å². The Labute approximate surface area is 274 Å². The van der Waals surface area contributed by atoms with E-state index in [0.717, 1.165) is 81.8 Å². The first-order valence-corrected chi connectivity index (χ1v) is 16.9. The van der Waals surface area contributed by atoms with Crippen molar-refractivity contribution in [2.45, 2.75) is 118 Å². The van der Waals surface area contributed by atoms with Crippen molar-refractivity contribution in [3.8, 4) is 11.5 Å². The first kappa shape index (κ1) is 38.1. The summed E-state index contributed by atoms with van der Waals surface area (Å²) in [5.74, 6) is -2.62. The lowest BCUT2D eigenvalue weighted by atomic mass is 9.96. The molecule has 46 heavy (non-hydrogen) atoms. The Balaban J connectivity index is 1.71. The molecule has 0 radical (unpaired) electrons. The molecule has 254 valence electrons. The highest BCUT2D eigenvalue weighted by atomic mass is 16.3. The summed E-state index contributed by atoms with van der Waals surface area (Å²) in [4.78, 5) is 50.5. The Morgan fingerprint density at radius 1 is 0.609 bits per heavy atom. The lowest BCUT2D eigenvalue weighted by Gasteiger charge is -2.16. The summed E-state index contributed by atoms with van der Waals surface area (Å²) in [6.45, 7) is 7.95. The Morgan fingerprint density at radius 2 is 1.09 bits per heavy atom. The lowest BCUT2D eigenvalue weighted by molar-refractivity contribution is -0.126. The molecule has 0 aliphatic heterocycles. The molecule has 0 aliphatic carbocycles. The maximum atomic E-state index is 12.7. The molecule has 2 unspecified atom stereocenters. The number of carbonyl (C=O) groups excluding carboxylic acids is 4. The van der Waals surface area contributed by atoms with Gasteiger partial charge < -0.3 is 10.2 Å². The van der Waals surface area contributed by atoms with Crippen molar-refractivity contribution in [3.63, 3.8) is 0 Å². The minimum absolute atomic E-state index is 0.126. The van der Waals surface area contributed by atoms with E-state index in [1.165, 1.54) is 12.1 Å². The fraction of sp³-hybridized carbons (Fsp3) is 0.556. The summed E-state index contributed by atoms with van der Waals surface area (Å²) >= 11 is 0. The monoisotopic (exact) mass is 638 g/mol. The number of nitrogens with one attached hydrogen (secondary N) is 4. The standard InChI is InChI=1S/C36H54N4O6/c1-5-8-11-16-26-19-21-31(41)29(23-26)35(45)39-37-33(43)25(4)15-13-10-14-18-28(7-3)34(44)38-40-36(46)30-24-27(17-12-9-6-2)20-22-32(30)42/h19-25,28,41-42H,5-18H2,1-4H3,(H,37,43)(H,38,44)(H,39,45)(H,40,46). The minimum atomic E-state index is -0.566. The van der Waals surface area contributed by atoms with E-state index in [-0.39, 0.29) is 46.3 Å². The minimum Gasteiger partial charge on any atom is -0.507 e. The van der Waals surface area contributed by atoms with Gasteiger partial charge in [-0.1, -0.05) is 84.8 Å². The number of benzene rings is 2. The molecule has 2 aromatic carbocycles. The molecule has 10 heteroatoms. The predicted molar refractivity (Wildman–Crippen MR) is 180 cm³/mol. The maximum absolute atomic E-state index is 12.7. The Morgan fingerprint density at radius 3 is 1.57 bits per heavy atom. The van der Waals surface area contributed by atoms with Crippen LogP contribution in [0.15, 0.2) is 36.4 Å². The van der Waals surface area contributed by atoms with E-state index < -0.39 is 11.8 Å². The number of phenolic OH excluding ortho intramolecular Hbond substituents is 2. The number of hydrogen-bond acceptors (Lipinski definition) is 6. The summed E-state index contributed by atoms with van der Waals surface area (Å²) in [7, 11) is 0. The molecule has 0 saturated carbocycles. The average molecular weight is 639 g/mol. The lowest BCUT2D eigenvalue weighted by Crippen LogP contribution is -2.44. The molecule has 0 saturated heterocycles. The first-order chi connectivity index (χ1) is 22.1. The Hall–Kier alpha value is -4.08. The van der Waals surface area contributed by atoms with Crippen molar-refractivity contribution >= 4 is 23.6 Å². The van der Waals surface area contributed by atoms with Gasteiger partial charge in [-0.25, -0.2) is 0 Å². The first-order valence-electron chi connectivity index (χ1n) is 16.9. The van der Waals surface area contributed by atoms with E-state index in [0.29, 0.717) is 19.3 Å². The van der Waals surface area contributed by atoms with Gasteiger partial charge >= 0.3 is 0 Å². The number of rotatable bonds is 19. The van der Waals surface area contributed by atoms with Gasteiger partial charge in [-0.3, -0.25) is 40.9 Å². The van der Waals surface area contributed by atoms with Crippen LogP contribution < -0.4 is 21.7 Å². The van der Waals surface area contributed by atoms with E-state index in [1.54, 1.807) is 31.2 Å². The van der Waals surface area contributed by atoms with Crippen LogP contribution in [0.25, 0.3) is 0 Å². The number of carbonyl (C=O) groups is 4. The summed E-state index contributed by atoms with van der Waals surface area (Å²) in [5, 5.41) is 20.3. The van der Waals surface area contributed by atoms with Gasteiger partial charge in [0.05, 0.1) is 11.1 Å². The smallest absolute Gasteiger partial charge is 0.273 e. The molecule has 10 nitrogen and oxygen atoms in total. The quantitative estimate of drug-likeness (QED) is 0.0773. The predicted octanol–water partition coefficient (Wildman–Crippen LogP) is 6.40. The van der Waals surface area contributed by atoms with Crippen molar-refractivity contribution < 1.29 is 29.4 Å². The van der Waals surface area contributed by atoms with Crippen LogP contribution in [0.5, 0.6) is 11.5 Å². The van der Waals surface area contributed by atoms with Crippen LogP contribution in [0.1, 0.15) is 137 Å². The SMILES string of the molecule is CCCCCc1ccc(O)c(C(=O)NNC(=O)C(C)CCCCCC(CC)C(=O)NNC(=O)c2cc(CCCCC)ccc2O)c1. The second-order valence-corrected chi connectivity index (χ2v) is 12.1. The van der Waals surface area contributed by atoms with Crippen molar-refractivity contribution in [2.24, 2.45) is 11.8 Å². The number of phenols is 2. The van der Waals surface area contributed by atoms with Crippen molar-refractivity contribution in [1.82, 2.24) is 21.7 Å². The number of aromatic hydroxyl groups is 2. The molecule has 2 aromatic rings. The number of amides is 4. The molecule has 2 rings (SSSR count). The highest BCUT2D eigenvalue weighted by Gasteiger charge is 2.20. The van der Waals surface area contributed by atoms with Gasteiger partial charge in [-0.2, -0.15) is 0 Å². The van der Waals surface area contributed by atoms with Gasteiger partial charge in [0, 0.05) is 11.8 Å². The van der Waals surface area contributed by atoms with Gasteiger partial charge in [0.2, 0.25) is 11.8 Å². The summed E-state index contributed by atoms with van der Waals surface area (Å²) in [6.07, 6.45) is 12.2. The van der Waals surface area contributed by atoms with Crippen LogP contribution in [0.2, 0.25) is 0 Å². The average Bonchev–Trinajstić information content (AvgIpc) is 3.05. The third-order valence-corrected chi connectivity index (χ3v) is 8.35. The van der Waals surface area contributed by atoms with Crippen LogP contribution in [0, 0.1) is 11.8 Å². The molecule has 0 aliphatic rings. The van der Waals surface area contributed by atoms with Crippen LogP contribution in [-0.4, -0.2) is 33.8 Å². The summed E-state index contributed by atoms with van der Waals surface area (Å²) in [6, 6.07) is 9.95. The number of unbranched alkanes of at least 4 members (excludes halogenated alkanes) is 6. The van der Waals surface area contributed by atoms with Crippen LogP contribution in [0.3, 0.4) is 0 Å². The molecular formula is C36H54N4O6. The molecule has 6 N–H and O–H groups in total. The Kier molecular flexibility index (Phi) is 17.3. The van der Waals surface area contributed by atoms with E-state index in [4.69, 9.17) is 0 Å². The zero-order chi connectivity index (χ0) is 33.9. The maximum Gasteiger partial charge on any atom is 0.273 e. The summed E-state index contributed by atoms with van der Waals surface area (Å²) < 4.78 is 0. The number of aryl methyl sites for hydroxylation is 2. The fourth-order valence-corrected chi connectivity index (χ4v) is 5.27. The van der Waals surface area contributed by atoms with Gasteiger partial charge in [0.15, 0.2) is 0 Å². The van der Waals surface area contributed by atoms with Crippen LogP contribution >= 0.6 is 0 Å². The molecule has 0 spiro atoms. The molecule has 0 aromatic heterocycles. The highest BCUT2D eigenvalue weighted by Crippen LogP contribution is 2.22. The van der Waals surface area contributed by atoms with Crippen LogP contribution in [-0.2, 0) is 22.4 Å². The zero-order valence-corrected chi connectivity index (χ0v) is 28.0. The van der Waals surface area contributed by atoms with Crippen LogP contribution in [0.4, 0.5) is 0 Å². The number of hydrazine groups is 2. The molecule has 0 fully saturated rings. The number of hydrogen-bond donors (Lipinski definition) is 6. The third-order valence-electron chi connectivity index (χ3n) is 8.35. The second kappa shape index (κ2) is 20.9.